The summed E-state index contributed by atoms with van der Waals surface area (Å²) in [7, 11) is 0. The minimum Gasteiger partial charge on any atom is -0.363 e. The van der Waals surface area contributed by atoms with E-state index >= 15 is 0 Å². The van der Waals surface area contributed by atoms with Crippen LogP contribution in [-0.2, 0) is 0 Å². The van der Waals surface area contributed by atoms with Gasteiger partial charge < -0.3 is 10.2 Å². The number of fused-ring (bicyclic) bond motifs is 3. The third kappa shape index (κ3) is 3.82. The molecule has 33 heavy (non-hydrogen) atoms. The second kappa shape index (κ2) is 7.96. The van der Waals surface area contributed by atoms with Crippen molar-refractivity contribution >= 4 is 28.3 Å². The average molecular weight is 447 g/mol. The third-order valence-corrected chi connectivity index (χ3v) is 6.35. The molecule has 3 aromatic heterocycles. The normalized spacial score (nSPS) is 16.6. The number of piperidine rings is 1. The van der Waals surface area contributed by atoms with E-state index in [1.165, 1.54) is 0 Å². The van der Waals surface area contributed by atoms with Crippen LogP contribution in [0.5, 0.6) is 0 Å². The highest BCUT2D eigenvalue weighted by Crippen LogP contribution is 2.33. The highest BCUT2D eigenvalue weighted by Gasteiger charge is 2.34. The molecule has 1 aliphatic heterocycles. The number of halogens is 2. The fraction of sp³-hybridized carbons (Fsp3) is 0.333. The number of nitriles is 1. The molecule has 1 aromatic carbocycles. The summed E-state index contributed by atoms with van der Waals surface area (Å²) in [5.74, 6) is -0.802. The Morgan fingerprint density at radius 3 is 2.76 bits per heavy atom. The molecule has 0 aliphatic carbocycles. The lowest BCUT2D eigenvalue weighted by Gasteiger charge is -2.32. The van der Waals surface area contributed by atoms with Crippen LogP contribution in [0.2, 0.25) is 0 Å². The SMILES string of the molecule is Cc1c(C#N)cccc1C(C)Nc1nc2nccn2c2cnc(N3CCC(F)(F)CC3)cc12. The van der Waals surface area contributed by atoms with Crippen LogP contribution in [0.15, 0.2) is 42.9 Å². The number of hydrogen-bond acceptors (Lipinski definition) is 6. The van der Waals surface area contributed by atoms with Gasteiger partial charge in [0.2, 0.25) is 5.78 Å². The smallest absolute Gasteiger partial charge is 0.251 e. The van der Waals surface area contributed by atoms with Gasteiger partial charge in [0.05, 0.1) is 29.4 Å². The molecule has 1 saturated heterocycles. The molecule has 9 heteroatoms. The summed E-state index contributed by atoms with van der Waals surface area (Å²) in [6.45, 7) is 4.46. The Morgan fingerprint density at radius 2 is 2.00 bits per heavy atom. The lowest BCUT2D eigenvalue weighted by atomic mass is 9.98. The van der Waals surface area contributed by atoms with Gasteiger partial charge in [-0.25, -0.2) is 18.7 Å². The van der Waals surface area contributed by atoms with Crippen molar-refractivity contribution in [3.63, 3.8) is 0 Å². The molecule has 0 saturated carbocycles. The lowest BCUT2D eigenvalue weighted by molar-refractivity contribution is -0.0221. The zero-order chi connectivity index (χ0) is 23.2. The van der Waals surface area contributed by atoms with E-state index < -0.39 is 5.92 Å². The molecule has 0 bridgehead atoms. The zero-order valence-electron chi connectivity index (χ0n) is 18.4. The summed E-state index contributed by atoms with van der Waals surface area (Å²) in [5.41, 5.74) is 3.37. The summed E-state index contributed by atoms with van der Waals surface area (Å²) in [5, 5.41) is 13.7. The van der Waals surface area contributed by atoms with Crippen molar-refractivity contribution in [3.05, 3.63) is 59.5 Å². The van der Waals surface area contributed by atoms with Gasteiger partial charge in [-0.2, -0.15) is 10.2 Å². The molecule has 5 rings (SSSR count). The highest BCUT2D eigenvalue weighted by atomic mass is 19.3. The lowest BCUT2D eigenvalue weighted by Crippen LogP contribution is -2.39. The quantitative estimate of drug-likeness (QED) is 0.481. The van der Waals surface area contributed by atoms with Gasteiger partial charge in [-0.15, -0.1) is 0 Å². The maximum absolute atomic E-state index is 13.6. The van der Waals surface area contributed by atoms with Crippen LogP contribution >= 0.6 is 0 Å². The molecule has 0 amide bonds. The molecule has 1 unspecified atom stereocenters. The molecular formula is C24H23F2N7. The number of hydrogen-bond donors (Lipinski definition) is 1. The molecule has 1 fully saturated rings. The molecular weight excluding hydrogens is 424 g/mol. The molecule has 0 radical (unpaired) electrons. The molecule has 4 aromatic rings. The van der Waals surface area contributed by atoms with Crippen LogP contribution in [0, 0.1) is 18.3 Å². The van der Waals surface area contributed by atoms with Crippen molar-refractivity contribution in [3.8, 4) is 6.07 Å². The third-order valence-electron chi connectivity index (χ3n) is 6.35. The van der Waals surface area contributed by atoms with Crippen molar-refractivity contribution in [1.82, 2.24) is 19.4 Å². The molecule has 4 heterocycles. The second-order valence-corrected chi connectivity index (χ2v) is 8.46. The minimum atomic E-state index is -2.62. The van der Waals surface area contributed by atoms with Crippen molar-refractivity contribution in [2.75, 3.05) is 23.3 Å². The Kier molecular flexibility index (Phi) is 5.08. The van der Waals surface area contributed by atoms with Gasteiger partial charge in [0.1, 0.15) is 11.6 Å². The number of imidazole rings is 1. The van der Waals surface area contributed by atoms with Gasteiger partial charge in [-0.1, -0.05) is 12.1 Å². The van der Waals surface area contributed by atoms with Crippen molar-refractivity contribution in [2.24, 2.45) is 0 Å². The molecule has 1 N–H and O–H groups in total. The summed E-state index contributed by atoms with van der Waals surface area (Å²) in [6, 6.07) is 9.67. The zero-order valence-corrected chi connectivity index (χ0v) is 18.4. The number of benzene rings is 1. The van der Waals surface area contributed by atoms with Gasteiger partial charge in [-0.05, 0) is 37.1 Å². The summed E-state index contributed by atoms with van der Waals surface area (Å²) < 4.78 is 29.1. The first-order chi connectivity index (χ1) is 15.9. The molecule has 168 valence electrons. The van der Waals surface area contributed by atoms with Gasteiger partial charge in [0, 0.05) is 43.7 Å². The Hall–Kier alpha value is -3.80. The summed E-state index contributed by atoms with van der Waals surface area (Å²) >= 11 is 0. The number of alkyl halides is 2. The first-order valence-electron chi connectivity index (χ1n) is 10.9. The van der Waals surface area contributed by atoms with E-state index in [2.05, 4.69) is 21.4 Å². The Balaban J connectivity index is 1.56. The van der Waals surface area contributed by atoms with Crippen molar-refractivity contribution < 1.29 is 8.78 Å². The Labute approximate surface area is 189 Å². The van der Waals surface area contributed by atoms with Crippen LogP contribution in [0.4, 0.5) is 20.4 Å². The molecule has 0 spiro atoms. The first kappa shape index (κ1) is 21.1. The van der Waals surface area contributed by atoms with Crippen molar-refractivity contribution in [2.45, 2.75) is 38.7 Å². The van der Waals surface area contributed by atoms with E-state index in [9.17, 15) is 14.0 Å². The van der Waals surface area contributed by atoms with E-state index in [4.69, 9.17) is 4.98 Å². The van der Waals surface area contributed by atoms with E-state index in [-0.39, 0.29) is 32.0 Å². The fourth-order valence-electron chi connectivity index (χ4n) is 4.42. The van der Waals surface area contributed by atoms with E-state index in [0.29, 0.717) is 23.0 Å². The number of nitrogens with zero attached hydrogens (tertiary/aromatic N) is 6. The van der Waals surface area contributed by atoms with Crippen molar-refractivity contribution in [1.29, 1.82) is 5.26 Å². The van der Waals surface area contributed by atoms with Gasteiger partial charge in [0.25, 0.3) is 5.92 Å². The number of rotatable bonds is 4. The molecule has 1 aliphatic rings. The number of nitrogens with one attached hydrogen (secondary N) is 1. The van der Waals surface area contributed by atoms with Gasteiger partial charge in [-0.3, -0.25) is 4.40 Å². The monoisotopic (exact) mass is 447 g/mol. The van der Waals surface area contributed by atoms with Gasteiger partial charge in [0.15, 0.2) is 0 Å². The maximum Gasteiger partial charge on any atom is 0.251 e. The fourth-order valence-corrected chi connectivity index (χ4v) is 4.42. The van der Waals surface area contributed by atoms with Crippen LogP contribution in [0.25, 0.3) is 16.7 Å². The maximum atomic E-state index is 13.6. The Morgan fingerprint density at radius 1 is 1.21 bits per heavy atom. The molecule has 7 nitrogen and oxygen atoms in total. The van der Waals surface area contributed by atoms with Crippen LogP contribution in [-0.4, -0.2) is 38.4 Å². The summed E-state index contributed by atoms with van der Waals surface area (Å²) in [6.07, 6.45) is 4.88. The van der Waals surface area contributed by atoms with E-state index in [1.807, 2.05) is 47.5 Å². The predicted octanol–water partition coefficient (Wildman–Crippen LogP) is 4.87. The van der Waals surface area contributed by atoms with Crippen LogP contribution in [0.3, 0.4) is 0 Å². The first-order valence-corrected chi connectivity index (χ1v) is 10.9. The minimum absolute atomic E-state index is 0.128. The number of anilines is 2. The topological polar surface area (TPSA) is 82.1 Å². The average Bonchev–Trinajstić information content (AvgIpc) is 3.27. The number of pyridine rings is 1. The second-order valence-electron chi connectivity index (χ2n) is 8.46. The van der Waals surface area contributed by atoms with Crippen LogP contribution < -0.4 is 10.2 Å². The van der Waals surface area contributed by atoms with E-state index in [1.54, 1.807) is 18.5 Å². The summed E-state index contributed by atoms with van der Waals surface area (Å²) in [4.78, 5) is 15.5. The predicted molar refractivity (Wildman–Crippen MR) is 123 cm³/mol. The standard InChI is InChI=1S/C24H23F2N7/c1-15-17(13-27)4-3-5-18(15)16(2)30-22-19-12-21(32-9-6-24(25,26)7-10-32)29-14-20(19)33-11-8-28-23(33)31-22/h3-5,8,11-12,14,16H,6-7,9-10H2,1-2H3,(H,28,30,31). The highest BCUT2D eigenvalue weighted by molar-refractivity contribution is 5.92. The Bertz CT molecular complexity index is 1380. The number of aromatic nitrogens is 4. The van der Waals surface area contributed by atoms with Crippen LogP contribution in [0.1, 0.15) is 42.5 Å². The molecule has 1 atom stereocenters. The van der Waals surface area contributed by atoms with E-state index in [0.717, 1.165) is 22.0 Å². The van der Waals surface area contributed by atoms with Gasteiger partial charge >= 0.3 is 0 Å². The largest absolute Gasteiger partial charge is 0.363 e.